The predicted octanol–water partition coefficient (Wildman–Crippen LogP) is 4.88. The molecule has 0 heterocycles. The van der Waals surface area contributed by atoms with Gasteiger partial charge in [0.1, 0.15) is 5.75 Å². The Kier molecular flexibility index (Phi) is 3.99. The summed E-state index contributed by atoms with van der Waals surface area (Å²) >= 11 is 0. The summed E-state index contributed by atoms with van der Waals surface area (Å²) in [4.78, 5) is 0. The number of ether oxygens (including phenoxy) is 1. The summed E-state index contributed by atoms with van der Waals surface area (Å²) in [5.74, 6) is 1.12. The van der Waals surface area contributed by atoms with Gasteiger partial charge in [-0.1, -0.05) is 57.2 Å². The van der Waals surface area contributed by atoms with Crippen LogP contribution in [0.5, 0.6) is 5.75 Å². The molecule has 22 heavy (non-hydrogen) atoms. The smallest absolute Gasteiger partial charge is 0.125 e. The summed E-state index contributed by atoms with van der Waals surface area (Å²) in [6.07, 6.45) is 4.23. The zero-order valence-electron chi connectivity index (χ0n) is 14.2. The second-order valence-corrected chi connectivity index (χ2v) is 7.35. The molecule has 0 N–H and O–H groups in total. The zero-order chi connectivity index (χ0) is 15.7. The highest BCUT2D eigenvalue weighted by Gasteiger charge is 2.23. The van der Waals surface area contributed by atoms with Gasteiger partial charge in [0.05, 0.1) is 7.11 Å². The van der Waals surface area contributed by atoms with E-state index in [1.165, 1.54) is 27.8 Å². The lowest BCUT2D eigenvalue weighted by Crippen LogP contribution is -2.16. The number of hydrogen-bond acceptors (Lipinski definition) is 1. The molecule has 1 nitrogen and oxygen atoms in total. The Morgan fingerprint density at radius 2 is 1.36 bits per heavy atom. The quantitative estimate of drug-likeness (QED) is 0.728. The SMILES string of the molecule is COc1c2ccc(C(C)(C)C)c1CCc1ccc(cc1)CC2. The standard InChI is InChI=1S/C21H26O/c1-21(2,3)19-14-12-17-11-9-15-5-7-16(8-6-15)10-13-18(19)20(17)22-4/h5-8,12,14H,9-11,13H2,1-4H3. The van der Waals surface area contributed by atoms with Gasteiger partial charge >= 0.3 is 0 Å². The summed E-state index contributed by atoms with van der Waals surface area (Å²) in [6.45, 7) is 6.87. The first kappa shape index (κ1) is 15.1. The maximum atomic E-state index is 5.86. The first-order valence-corrected chi connectivity index (χ1v) is 8.26. The number of rotatable bonds is 1. The van der Waals surface area contributed by atoms with Crippen molar-refractivity contribution in [2.24, 2.45) is 0 Å². The van der Waals surface area contributed by atoms with Crippen LogP contribution in [0.4, 0.5) is 0 Å². The van der Waals surface area contributed by atoms with Crippen molar-refractivity contribution in [3.8, 4) is 5.75 Å². The number of aryl methyl sites for hydroxylation is 3. The fraction of sp³-hybridized carbons (Fsp3) is 0.429. The first-order chi connectivity index (χ1) is 10.5. The maximum Gasteiger partial charge on any atom is 0.125 e. The summed E-state index contributed by atoms with van der Waals surface area (Å²) in [5, 5.41) is 0. The van der Waals surface area contributed by atoms with Gasteiger partial charge in [0, 0.05) is 0 Å². The van der Waals surface area contributed by atoms with E-state index in [9.17, 15) is 0 Å². The molecule has 0 unspecified atom stereocenters. The van der Waals surface area contributed by atoms with E-state index in [2.05, 4.69) is 57.2 Å². The Morgan fingerprint density at radius 3 is 1.91 bits per heavy atom. The normalized spacial score (nSPS) is 14.5. The summed E-state index contributed by atoms with van der Waals surface area (Å²) in [7, 11) is 1.82. The minimum absolute atomic E-state index is 0.143. The lowest BCUT2D eigenvalue weighted by atomic mass is 9.81. The molecule has 116 valence electrons. The molecule has 0 saturated carbocycles. The summed E-state index contributed by atoms with van der Waals surface area (Å²) < 4.78 is 5.86. The van der Waals surface area contributed by atoms with Gasteiger partial charge in [-0.2, -0.15) is 0 Å². The third-order valence-corrected chi connectivity index (χ3v) is 4.72. The Morgan fingerprint density at radius 1 is 0.773 bits per heavy atom. The molecule has 0 aromatic heterocycles. The molecular weight excluding hydrogens is 268 g/mol. The second kappa shape index (κ2) is 5.79. The van der Waals surface area contributed by atoms with Crippen molar-refractivity contribution in [1.82, 2.24) is 0 Å². The van der Waals surface area contributed by atoms with Crippen LogP contribution in [-0.4, -0.2) is 7.11 Å². The molecule has 0 atom stereocenters. The number of hydrogen-bond donors (Lipinski definition) is 0. The fourth-order valence-electron chi connectivity index (χ4n) is 3.50. The van der Waals surface area contributed by atoms with Gasteiger partial charge in [0.15, 0.2) is 0 Å². The van der Waals surface area contributed by atoms with Crippen LogP contribution in [0, 0.1) is 0 Å². The Hall–Kier alpha value is -1.76. The van der Waals surface area contributed by atoms with Gasteiger partial charge in [-0.25, -0.2) is 0 Å². The number of methoxy groups -OCH3 is 1. The highest BCUT2D eigenvalue weighted by Crippen LogP contribution is 2.36. The highest BCUT2D eigenvalue weighted by atomic mass is 16.5. The van der Waals surface area contributed by atoms with Crippen molar-refractivity contribution in [2.45, 2.75) is 51.9 Å². The van der Waals surface area contributed by atoms with E-state index in [1.54, 1.807) is 0 Å². The average Bonchev–Trinajstić information content (AvgIpc) is 2.52. The van der Waals surface area contributed by atoms with Crippen LogP contribution in [-0.2, 0) is 31.1 Å². The fourth-order valence-corrected chi connectivity index (χ4v) is 3.50. The van der Waals surface area contributed by atoms with Gasteiger partial charge in [0.2, 0.25) is 0 Å². The van der Waals surface area contributed by atoms with Gasteiger partial charge < -0.3 is 4.74 Å². The van der Waals surface area contributed by atoms with Crippen molar-refractivity contribution in [2.75, 3.05) is 7.11 Å². The molecule has 4 rings (SSSR count). The minimum atomic E-state index is 0.143. The molecule has 2 aliphatic rings. The molecule has 1 heteroatoms. The van der Waals surface area contributed by atoms with E-state index < -0.39 is 0 Å². The molecule has 2 aliphatic carbocycles. The van der Waals surface area contributed by atoms with E-state index >= 15 is 0 Å². The van der Waals surface area contributed by atoms with Gasteiger partial charge in [-0.05, 0) is 58.9 Å². The molecule has 0 radical (unpaired) electrons. The van der Waals surface area contributed by atoms with Crippen LogP contribution in [0.2, 0.25) is 0 Å². The van der Waals surface area contributed by atoms with Crippen LogP contribution in [0.25, 0.3) is 0 Å². The van der Waals surface area contributed by atoms with Crippen LogP contribution < -0.4 is 4.74 Å². The molecule has 0 spiro atoms. The lowest BCUT2D eigenvalue weighted by Gasteiger charge is -2.26. The Labute approximate surface area is 134 Å². The van der Waals surface area contributed by atoms with Crippen molar-refractivity contribution < 1.29 is 4.74 Å². The Balaban J connectivity index is 2.13. The molecule has 0 fully saturated rings. The number of fused-ring (bicyclic) bond motifs is 4. The van der Waals surface area contributed by atoms with Gasteiger partial charge in [-0.15, -0.1) is 0 Å². The molecular formula is C21H26O. The van der Waals surface area contributed by atoms with Crippen LogP contribution in [0.15, 0.2) is 36.4 Å². The average molecular weight is 294 g/mol. The Bertz CT molecular complexity index is 660. The second-order valence-electron chi connectivity index (χ2n) is 7.35. The van der Waals surface area contributed by atoms with Crippen molar-refractivity contribution >= 4 is 0 Å². The lowest BCUT2D eigenvalue weighted by molar-refractivity contribution is 0.401. The number of benzene rings is 2. The molecule has 2 aromatic carbocycles. The minimum Gasteiger partial charge on any atom is -0.496 e. The summed E-state index contributed by atoms with van der Waals surface area (Å²) in [5.41, 5.74) is 7.13. The highest BCUT2D eigenvalue weighted by molar-refractivity contribution is 5.50. The van der Waals surface area contributed by atoms with Crippen LogP contribution in [0.1, 0.15) is 48.6 Å². The van der Waals surface area contributed by atoms with Crippen molar-refractivity contribution in [1.29, 1.82) is 0 Å². The molecule has 0 amide bonds. The van der Waals surface area contributed by atoms with E-state index in [0.29, 0.717) is 0 Å². The zero-order valence-corrected chi connectivity index (χ0v) is 14.2. The van der Waals surface area contributed by atoms with Gasteiger partial charge in [0.25, 0.3) is 0 Å². The van der Waals surface area contributed by atoms with Crippen molar-refractivity contribution in [3.63, 3.8) is 0 Å². The third-order valence-electron chi connectivity index (χ3n) is 4.72. The largest absolute Gasteiger partial charge is 0.496 e. The van der Waals surface area contributed by atoms with E-state index in [-0.39, 0.29) is 5.41 Å². The van der Waals surface area contributed by atoms with E-state index in [0.717, 1.165) is 31.4 Å². The van der Waals surface area contributed by atoms with Crippen LogP contribution in [0.3, 0.4) is 0 Å². The molecule has 0 saturated heterocycles. The topological polar surface area (TPSA) is 9.23 Å². The van der Waals surface area contributed by atoms with Gasteiger partial charge in [-0.3, -0.25) is 0 Å². The monoisotopic (exact) mass is 294 g/mol. The molecule has 0 aliphatic heterocycles. The molecule has 4 bridgehead atoms. The summed E-state index contributed by atoms with van der Waals surface area (Å²) in [6, 6.07) is 13.7. The van der Waals surface area contributed by atoms with Crippen LogP contribution >= 0.6 is 0 Å². The molecule has 2 aromatic rings. The van der Waals surface area contributed by atoms with E-state index in [4.69, 9.17) is 4.74 Å². The van der Waals surface area contributed by atoms with Crippen molar-refractivity contribution in [3.05, 3.63) is 64.2 Å². The predicted molar refractivity (Wildman–Crippen MR) is 93.0 cm³/mol. The first-order valence-electron chi connectivity index (χ1n) is 8.26. The van der Waals surface area contributed by atoms with E-state index in [1.807, 2.05) is 7.11 Å². The third kappa shape index (κ3) is 2.90. The maximum absolute atomic E-state index is 5.86.